The summed E-state index contributed by atoms with van der Waals surface area (Å²) in [6.45, 7) is 16.7. The molecule has 21 heavy (non-hydrogen) atoms. The molecule has 0 saturated carbocycles. The molecule has 1 unspecified atom stereocenters. The van der Waals surface area contributed by atoms with Crippen LogP contribution in [0.4, 0.5) is 0 Å². The molecular weight excluding hydrogens is 304 g/mol. The van der Waals surface area contributed by atoms with Crippen LogP contribution < -0.4 is 0 Å². The molecule has 0 aliphatic rings. The molecule has 0 aromatic carbocycles. The number of hydrogen-bond donors (Lipinski definition) is 0. The fraction of sp³-hybridized carbons (Fsp3) is 0.562. The van der Waals surface area contributed by atoms with Crippen LogP contribution in [0, 0.1) is 0 Å². The van der Waals surface area contributed by atoms with Crippen LogP contribution in [0.25, 0.3) is 0 Å². The number of esters is 1. The number of hydrogen-bond acceptors (Lipinski definition) is 3. The van der Waals surface area contributed by atoms with Crippen molar-refractivity contribution < 1.29 is 14.0 Å². The van der Waals surface area contributed by atoms with Crippen LogP contribution in [0.2, 0.25) is 18.1 Å². The maximum Gasteiger partial charge on any atom is 0.331 e. The van der Waals surface area contributed by atoms with Gasteiger partial charge in [0.2, 0.25) is 8.32 Å². The molecule has 0 fully saturated rings. The van der Waals surface area contributed by atoms with E-state index in [1.807, 2.05) is 19.1 Å². The van der Waals surface area contributed by atoms with Crippen molar-refractivity contribution in [2.45, 2.75) is 58.4 Å². The number of allylic oxidation sites excluding steroid dienone is 1. The van der Waals surface area contributed by atoms with Crippen molar-refractivity contribution in [1.82, 2.24) is 0 Å². The summed E-state index contributed by atoms with van der Waals surface area (Å²) in [6.07, 6.45) is 5.30. The predicted molar refractivity (Wildman–Crippen MR) is 91.7 cm³/mol. The molecule has 0 aromatic rings. The lowest BCUT2D eigenvalue weighted by atomic mass is 10.2. The first-order valence-corrected chi connectivity index (χ1v) is 10.4. The highest BCUT2D eigenvalue weighted by atomic mass is 35.5. The summed E-state index contributed by atoms with van der Waals surface area (Å²) in [5, 5.41) is 0.139. The van der Waals surface area contributed by atoms with E-state index in [0.717, 1.165) is 5.54 Å². The summed E-state index contributed by atoms with van der Waals surface area (Å²) >= 11 is 5.30. The standard InChI is InChI=1S/C16H27ClO3Si/c1-13(19-15(18)11-12-17)9-8-10-14(2)20-21(6,7)16(3,4)5/h8,10-13H,2,9H2,1,3-7H3/b10-8+,12-11+. The zero-order valence-corrected chi connectivity index (χ0v) is 15.7. The smallest absolute Gasteiger partial charge is 0.331 e. The van der Waals surface area contributed by atoms with Gasteiger partial charge in [-0.3, -0.25) is 0 Å². The number of halogens is 1. The summed E-state index contributed by atoms with van der Waals surface area (Å²) in [5.41, 5.74) is 1.14. The average molecular weight is 331 g/mol. The maximum absolute atomic E-state index is 11.2. The molecule has 0 spiro atoms. The Hall–Kier alpha value is -1.00. The quantitative estimate of drug-likeness (QED) is 0.213. The average Bonchev–Trinajstić information content (AvgIpc) is 2.26. The van der Waals surface area contributed by atoms with E-state index in [1.165, 1.54) is 6.08 Å². The molecule has 3 nitrogen and oxygen atoms in total. The van der Waals surface area contributed by atoms with Crippen molar-refractivity contribution in [3.63, 3.8) is 0 Å². The molecule has 0 N–H and O–H groups in total. The van der Waals surface area contributed by atoms with Gasteiger partial charge in [-0.1, -0.05) is 45.0 Å². The lowest BCUT2D eigenvalue weighted by Gasteiger charge is -2.36. The van der Waals surface area contributed by atoms with Gasteiger partial charge in [-0.05, 0) is 31.1 Å². The van der Waals surface area contributed by atoms with Crippen LogP contribution in [0.1, 0.15) is 34.1 Å². The van der Waals surface area contributed by atoms with Gasteiger partial charge in [0.05, 0.1) is 5.76 Å². The summed E-state index contributed by atoms with van der Waals surface area (Å²) in [5.74, 6) is 0.211. The van der Waals surface area contributed by atoms with Gasteiger partial charge in [-0.25, -0.2) is 4.79 Å². The van der Waals surface area contributed by atoms with Crippen molar-refractivity contribution in [3.05, 3.63) is 36.1 Å². The SMILES string of the molecule is C=C(/C=C/CC(C)OC(=O)/C=C/Cl)O[Si](C)(C)C(C)(C)C. The number of carbonyl (C=O) groups excluding carboxylic acids is 1. The molecule has 0 radical (unpaired) electrons. The van der Waals surface area contributed by atoms with Crippen molar-refractivity contribution >= 4 is 25.9 Å². The second kappa shape index (κ2) is 8.44. The van der Waals surface area contributed by atoms with Crippen molar-refractivity contribution in [2.75, 3.05) is 0 Å². The molecule has 0 amide bonds. The largest absolute Gasteiger partial charge is 0.544 e. The Bertz CT molecular complexity index is 420. The number of ether oxygens (including phenoxy) is 1. The van der Waals surface area contributed by atoms with Crippen molar-refractivity contribution in [1.29, 1.82) is 0 Å². The molecule has 0 heterocycles. The second-order valence-corrected chi connectivity index (χ2v) is 11.5. The van der Waals surface area contributed by atoms with Crippen LogP contribution in [0.3, 0.4) is 0 Å². The maximum atomic E-state index is 11.2. The van der Waals surface area contributed by atoms with Gasteiger partial charge in [-0.15, -0.1) is 0 Å². The first kappa shape index (κ1) is 20.0. The Morgan fingerprint density at radius 3 is 2.38 bits per heavy atom. The minimum Gasteiger partial charge on any atom is -0.544 e. The van der Waals surface area contributed by atoms with Gasteiger partial charge < -0.3 is 9.16 Å². The van der Waals surface area contributed by atoms with Crippen LogP contribution in [0.5, 0.6) is 0 Å². The highest BCUT2D eigenvalue weighted by Crippen LogP contribution is 2.37. The highest BCUT2D eigenvalue weighted by molar-refractivity contribution is 6.74. The van der Waals surface area contributed by atoms with E-state index in [-0.39, 0.29) is 11.1 Å². The van der Waals surface area contributed by atoms with Crippen LogP contribution >= 0.6 is 11.6 Å². The Morgan fingerprint density at radius 1 is 1.33 bits per heavy atom. The number of rotatable bonds is 7. The molecule has 0 saturated heterocycles. The van der Waals surface area contributed by atoms with Gasteiger partial charge in [0.15, 0.2) is 0 Å². The zero-order valence-electron chi connectivity index (χ0n) is 13.9. The van der Waals surface area contributed by atoms with E-state index in [1.54, 1.807) is 0 Å². The van der Waals surface area contributed by atoms with Gasteiger partial charge in [0.25, 0.3) is 0 Å². The first-order chi connectivity index (χ1) is 9.49. The molecule has 5 heteroatoms. The topological polar surface area (TPSA) is 35.5 Å². The molecular formula is C16H27ClO3Si. The highest BCUT2D eigenvalue weighted by Gasteiger charge is 2.38. The minimum atomic E-state index is -1.84. The molecule has 120 valence electrons. The summed E-state index contributed by atoms with van der Waals surface area (Å²) < 4.78 is 11.1. The molecule has 0 aromatic heterocycles. The third-order valence-corrected chi connectivity index (χ3v) is 7.99. The third kappa shape index (κ3) is 8.12. The Balaban J connectivity index is 4.32. The third-order valence-electron chi connectivity index (χ3n) is 3.48. The monoisotopic (exact) mass is 330 g/mol. The van der Waals surface area contributed by atoms with Crippen LogP contribution in [-0.2, 0) is 14.0 Å². The molecule has 0 aliphatic heterocycles. The summed E-state index contributed by atoms with van der Waals surface area (Å²) in [6, 6.07) is 0. The Morgan fingerprint density at radius 2 is 1.90 bits per heavy atom. The van der Waals surface area contributed by atoms with E-state index < -0.39 is 14.3 Å². The van der Waals surface area contributed by atoms with Gasteiger partial charge in [0.1, 0.15) is 6.10 Å². The Kier molecular flexibility index (Phi) is 8.04. The fourth-order valence-electron chi connectivity index (χ4n) is 1.24. The molecule has 0 bridgehead atoms. The van der Waals surface area contributed by atoms with Gasteiger partial charge in [0, 0.05) is 18.0 Å². The fourth-order valence-corrected chi connectivity index (χ4v) is 2.38. The molecule has 0 rings (SSSR count). The lowest BCUT2D eigenvalue weighted by molar-refractivity contribution is -0.141. The van der Waals surface area contributed by atoms with Gasteiger partial charge >= 0.3 is 5.97 Å². The van der Waals surface area contributed by atoms with E-state index in [4.69, 9.17) is 20.8 Å². The molecule has 0 aliphatic carbocycles. The zero-order chi connectivity index (χ0) is 16.7. The summed E-state index contributed by atoms with van der Waals surface area (Å²) in [4.78, 5) is 11.2. The van der Waals surface area contributed by atoms with E-state index in [9.17, 15) is 4.79 Å². The van der Waals surface area contributed by atoms with Crippen LogP contribution in [0.15, 0.2) is 36.1 Å². The first-order valence-electron chi connectivity index (χ1n) is 7.01. The second-order valence-electron chi connectivity index (χ2n) is 6.51. The van der Waals surface area contributed by atoms with Crippen LogP contribution in [-0.4, -0.2) is 20.4 Å². The normalized spacial score (nSPS) is 14.4. The van der Waals surface area contributed by atoms with E-state index in [2.05, 4.69) is 40.4 Å². The Labute approximate surface area is 134 Å². The van der Waals surface area contributed by atoms with Gasteiger partial charge in [-0.2, -0.15) is 0 Å². The van der Waals surface area contributed by atoms with Crippen molar-refractivity contribution in [3.8, 4) is 0 Å². The summed E-state index contributed by atoms with van der Waals surface area (Å²) in [7, 11) is -1.84. The number of carbonyl (C=O) groups is 1. The minimum absolute atomic E-state index is 0.139. The molecule has 1 atom stereocenters. The predicted octanol–water partition coefficient (Wildman–Crippen LogP) is 5.15. The van der Waals surface area contributed by atoms with E-state index >= 15 is 0 Å². The van der Waals surface area contributed by atoms with E-state index in [0.29, 0.717) is 12.2 Å². The van der Waals surface area contributed by atoms with Crippen molar-refractivity contribution in [2.24, 2.45) is 0 Å². The lowest BCUT2D eigenvalue weighted by Crippen LogP contribution is -2.40.